The van der Waals surface area contributed by atoms with E-state index >= 15 is 0 Å². The first-order chi connectivity index (χ1) is 32.2. The predicted octanol–water partition coefficient (Wildman–Crippen LogP) is 4.08. The second-order valence-corrected chi connectivity index (χ2v) is 14.6. The van der Waals surface area contributed by atoms with Crippen molar-refractivity contribution in [1.29, 1.82) is 0 Å². The molecule has 1 atom stereocenters. The Bertz CT molecular complexity index is 1730. The van der Waals surface area contributed by atoms with Gasteiger partial charge in [-0.1, -0.05) is 54.6 Å². The molecule has 0 spiro atoms. The summed E-state index contributed by atoms with van der Waals surface area (Å²) in [4.78, 5) is 12.5. The van der Waals surface area contributed by atoms with Crippen LogP contribution in [0, 0.1) is 0 Å². The van der Waals surface area contributed by atoms with Crippen LogP contribution in [0.4, 0.5) is 0 Å². The molecule has 1 amide bonds. The quantitative estimate of drug-likeness (QED) is 0.0498. The van der Waals surface area contributed by atoms with Crippen LogP contribution in [0.15, 0.2) is 54.6 Å². The Kier molecular flexibility index (Phi) is 30.8. The standard InChI is InChI=1S/C48H73NO16/c1-51-12-14-53-16-18-55-21-24-59-29-32-63-38-44(65-35-34-61-27-26-56-19-17-54-15-13-52-2)36-49-46(50)39-64-33-30-60-25-22-57-20-23-58-28-31-62-37-43-9-8-42-7-6-40-4-3-5-41-10-11-45(43)48(42)47(40)41/h3-11,44H,12-39H2,1-2H3,(H,49,50). The third kappa shape index (κ3) is 23.9. The normalized spacial score (nSPS) is 12.3. The van der Waals surface area contributed by atoms with Gasteiger partial charge < -0.3 is 76.4 Å². The Hall–Kier alpha value is -3.21. The van der Waals surface area contributed by atoms with Crippen molar-refractivity contribution in [3.63, 3.8) is 0 Å². The SMILES string of the molecule is COCCOCCOCCOCCOCC(CNC(=O)COCCOCCOCCOCCOCc1ccc2ccc3cccc4ccc1c2c34)OCCOCCOCCOCCOC. The monoisotopic (exact) mass is 919 g/mol. The van der Waals surface area contributed by atoms with E-state index < -0.39 is 6.10 Å². The van der Waals surface area contributed by atoms with Gasteiger partial charge in [0.05, 0.1) is 178 Å². The third-order valence-corrected chi connectivity index (χ3v) is 9.73. The number of carbonyl (C=O) groups excluding carboxylic acids is 1. The van der Waals surface area contributed by atoms with Crippen LogP contribution in [0.2, 0.25) is 0 Å². The van der Waals surface area contributed by atoms with Crippen molar-refractivity contribution in [2.24, 2.45) is 0 Å². The van der Waals surface area contributed by atoms with Crippen LogP contribution in [0.5, 0.6) is 0 Å². The molecule has 4 aromatic carbocycles. The molecule has 366 valence electrons. The molecular weight excluding hydrogens is 847 g/mol. The van der Waals surface area contributed by atoms with Crippen molar-refractivity contribution in [3.8, 4) is 0 Å². The second-order valence-electron chi connectivity index (χ2n) is 14.6. The Morgan fingerprint density at radius 2 is 0.831 bits per heavy atom. The molecule has 4 aromatic rings. The van der Waals surface area contributed by atoms with Gasteiger partial charge >= 0.3 is 0 Å². The fourth-order valence-electron chi connectivity index (χ4n) is 6.47. The molecule has 0 saturated heterocycles. The average molecular weight is 920 g/mol. The Labute approximate surface area is 384 Å². The largest absolute Gasteiger partial charge is 0.382 e. The van der Waals surface area contributed by atoms with E-state index in [2.05, 4.69) is 59.9 Å². The van der Waals surface area contributed by atoms with E-state index in [1.165, 1.54) is 37.9 Å². The lowest BCUT2D eigenvalue weighted by molar-refractivity contribution is -0.127. The van der Waals surface area contributed by atoms with Crippen LogP contribution in [0.3, 0.4) is 0 Å². The fourth-order valence-corrected chi connectivity index (χ4v) is 6.47. The summed E-state index contributed by atoms with van der Waals surface area (Å²) in [7, 11) is 3.27. The minimum atomic E-state index is -0.400. The number of hydrogen-bond donors (Lipinski definition) is 1. The molecule has 0 aliphatic rings. The van der Waals surface area contributed by atoms with Gasteiger partial charge in [0, 0.05) is 20.8 Å². The third-order valence-electron chi connectivity index (χ3n) is 9.73. The van der Waals surface area contributed by atoms with E-state index in [9.17, 15) is 4.79 Å². The fraction of sp³-hybridized carbons (Fsp3) is 0.646. The molecule has 1 N–H and O–H groups in total. The summed E-state index contributed by atoms with van der Waals surface area (Å²) >= 11 is 0. The lowest BCUT2D eigenvalue weighted by Crippen LogP contribution is -2.39. The van der Waals surface area contributed by atoms with Gasteiger partial charge in [-0.2, -0.15) is 0 Å². The number of rotatable bonds is 45. The molecule has 0 aliphatic heterocycles. The second kappa shape index (κ2) is 36.9. The molecule has 0 bridgehead atoms. The van der Waals surface area contributed by atoms with Crippen LogP contribution in [0.1, 0.15) is 5.56 Å². The molecule has 17 nitrogen and oxygen atoms in total. The molecule has 0 aliphatic carbocycles. The summed E-state index contributed by atoms with van der Waals surface area (Å²) in [6.45, 7) is 11.6. The van der Waals surface area contributed by atoms with Crippen LogP contribution in [-0.4, -0.2) is 205 Å². The Morgan fingerprint density at radius 3 is 1.34 bits per heavy atom. The van der Waals surface area contributed by atoms with Gasteiger partial charge in [-0.3, -0.25) is 4.79 Å². The zero-order chi connectivity index (χ0) is 45.7. The van der Waals surface area contributed by atoms with Crippen LogP contribution >= 0.6 is 0 Å². The maximum absolute atomic E-state index is 12.5. The molecule has 17 heteroatoms. The molecule has 4 rings (SSSR count). The van der Waals surface area contributed by atoms with Crippen molar-refractivity contribution in [1.82, 2.24) is 5.32 Å². The highest BCUT2D eigenvalue weighted by atomic mass is 16.6. The Balaban J connectivity index is 0.958. The molecule has 0 fully saturated rings. The summed E-state index contributed by atoms with van der Waals surface area (Å²) in [5.41, 5.74) is 1.17. The van der Waals surface area contributed by atoms with E-state index in [0.29, 0.717) is 159 Å². The summed E-state index contributed by atoms with van der Waals surface area (Å²) < 4.78 is 82.8. The average Bonchev–Trinajstić information content (AvgIpc) is 3.33. The highest BCUT2D eigenvalue weighted by Gasteiger charge is 2.13. The van der Waals surface area contributed by atoms with Crippen molar-refractivity contribution in [3.05, 3.63) is 60.2 Å². The van der Waals surface area contributed by atoms with Crippen molar-refractivity contribution in [2.75, 3.05) is 193 Å². The van der Waals surface area contributed by atoms with E-state index in [0.717, 1.165) is 0 Å². The van der Waals surface area contributed by atoms with Crippen LogP contribution in [0.25, 0.3) is 32.3 Å². The first-order valence-corrected chi connectivity index (χ1v) is 22.7. The van der Waals surface area contributed by atoms with Crippen molar-refractivity contribution in [2.45, 2.75) is 12.7 Å². The first kappa shape index (κ1) is 54.4. The molecular formula is C48H73NO16. The minimum Gasteiger partial charge on any atom is -0.382 e. The number of ether oxygens (including phenoxy) is 15. The zero-order valence-electron chi connectivity index (χ0n) is 38.6. The summed E-state index contributed by atoms with van der Waals surface area (Å²) in [6.07, 6.45) is -0.400. The first-order valence-electron chi connectivity index (χ1n) is 22.7. The van der Waals surface area contributed by atoms with Gasteiger partial charge in [0.2, 0.25) is 5.91 Å². The number of benzene rings is 4. The molecule has 0 aromatic heterocycles. The highest BCUT2D eigenvalue weighted by Crippen LogP contribution is 2.36. The van der Waals surface area contributed by atoms with Crippen molar-refractivity contribution >= 4 is 38.2 Å². The van der Waals surface area contributed by atoms with Gasteiger partial charge in [0.15, 0.2) is 0 Å². The lowest BCUT2D eigenvalue weighted by Gasteiger charge is -2.19. The van der Waals surface area contributed by atoms with E-state index in [4.69, 9.17) is 71.1 Å². The molecule has 0 heterocycles. The summed E-state index contributed by atoms with van der Waals surface area (Å²) in [5, 5.41) is 10.4. The molecule has 65 heavy (non-hydrogen) atoms. The number of methoxy groups -OCH3 is 2. The number of amides is 1. The maximum atomic E-state index is 12.5. The van der Waals surface area contributed by atoms with E-state index in [1.54, 1.807) is 14.2 Å². The smallest absolute Gasteiger partial charge is 0.246 e. The summed E-state index contributed by atoms with van der Waals surface area (Å²) in [5.74, 6) is -0.271. The van der Waals surface area contributed by atoms with Gasteiger partial charge in [-0.15, -0.1) is 0 Å². The van der Waals surface area contributed by atoms with Crippen molar-refractivity contribution < 1.29 is 75.8 Å². The number of nitrogens with one attached hydrogen (secondary N) is 1. The topological polar surface area (TPSA) is 168 Å². The van der Waals surface area contributed by atoms with Gasteiger partial charge in [-0.05, 0) is 37.9 Å². The van der Waals surface area contributed by atoms with Crippen LogP contribution < -0.4 is 5.32 Å². The van der Waals surface area contributed by atoms with E-state index in [1.807, 2.05) is 0 Å². The number of carbonyl (C=O) groups is 1. The molecule has 0 saturated carbocycles. The predicted molar refractivity (Wildman–Crippen MR) is 245 cm³/mol. The molecule has 0 radical (unpaired) electrons. The van der Waals surface area contributed by atoms with Gasteiger partial charge in [0.25, 0.3) is 0 Å². The lowest BCUT2D eigenvalue weighted by atomic mass is 9.92. The molecule has 1 unspecified atom stereocenters. The highest BCUT2D eigenvalue weighted by molar-refractivity contribution is 6.23. The number of hydrogen-bond acceptors (Lipinski definition) is 16. The Morgan fingerprint density at radius 1 is 0.431 bits per heavy atom. The van der Waals surface area contributed by atoms with E-state index in [-0.39, 0.29) is 32.3 Å². The van der Waals surface area contributed by atoms with Crippen LogP contribution in [-0.2, 0) is 82.5 Å². The summed E-state index contributed by atoms with van der Waals surface area (Å²) in [6, 6.07) is 19.5. The minimum absolute atomic E-state index is 0.108. The van der Waals surface area contributed by atoms with Gasteiger partial charge in [0.1, 0.15) is 6.61 Å². The zero-order valence-corrected chi connectivity index (χ0v) is 38.6. The maximum Gasteiger partial charge on any atom is 0.246 e. The van der Waals surface area contributed by atoms with Gasteiger partial charge in [-0.25, -0.2) is 0 Å².